The van der Waals surface area contributed by atoms with Gasteiger partial charge in [0.05, 0.1) is 16.5 Å². The van der Waals surface area contributed by atoms with Crippen LogP contribution in [0, 0.1) is 5.82 Å². The lowest BCUT2D eigenvalue weighted by Gasteiger charge is -2.09. The molecule has 0 amide bonds. The topological polar surface area (TPSA) is 17.1 Å². The number of hydrogen-bond donors (Lipinski definition) is 0. The number of carbonyl (C=O) groups excluding carboxylic acids is 1. The van der Waals surface area contributed by atoms with Crippen LogP contribution < -0.4 is 0 Å². The van der Waals surface area contributed by atoms with Crippen LogP contribution in [0.5, 0.6) is 0 Å². The molecule has 0 N–H and O–H groups in total. The summed E-state index contributed by atoms with van der Waals surface area (Å²) in [5, 5.41) is -1.07. The molecule has 1 nitrogen and oxygen atoms in total. The van der Waals surface area contributed by atoms with Gasteiger partial charge in [-0.2, -0.15) is 13.2 Å². The highest BCUT2D eigenvalue weighted by atomic mass is 35.5. The van der Waals surface area contributed by atoms with E-state index in [-0.39, 0.29) is 0 Å². The first-order chi connectivity index (χ1) is 7.23. The first kappa shape index (κ1) is 13.0. The Balaban J connectivity index is 3.25. The van der Waals surface area contributed by atoms with Crippen molar-refractivity contribution in [2.45, 2.75) is 18.5 Å². The Labute approximate surface area is 94.0 Å². The molecule has 1 aromatic carbocycles. The molecule has 0 bridgehead atoms. The molecule has 0 aromatic heterocycles. The quantitative estimate of drug-likeness (QED) is 0.447. The second-order valence-electron chi connectivity index (χ2n) is 3.17. The minimum absolute atomic E-state index is 0.469. The van der Waals surface area contributed by atoms with Crippen molar-refractivity contribution < 1.29 is 22.4 Å². The Morgan fingerprint density at radius 1 is 1.38 bits per heavy atom. The van der Waals surface area contributed by atoms with E-state index in [9.17, 15) is 22.4 Å². The van der Waals surface area contributed by atoms with Crippen LogP contribution in [0.3, 0.4) is 0 Å². The fourth-order valence-corrected chi connectivity index (χ4v) is 1.22. The Hall–Kier alpha value is -1.10. The summed E-state index contributed by atoms with van der Waals surface area (Å²) in [4.78, 5) is 11.3. The number of Topliss-reactive ketones (excluding diaryl/α,β-unsaturated/α-hetero) is 1. The molecule has 1 atom stereocenters. The van der Waals surface area contributed by atoms with Crippen LogP contribution in [-0.2, 0) is 6.18 Å². The molecule has 0 fully saturated rings. The summed E-state index contributed by atoms with van der Waals surface area (Å²) in [7, 11) is 0. The van der Waals surface area contributed by atoms with Gasteiger partial charge in [0.1, 0.15) is 5.82 Å². The second kappa shape index (κ2) is 4.41. The lowest BCUT2D eigenvalue weighted by molar-refractivity contribution is -0.137. The van der Waals surface area contributed by atoms with Crippen molar-refractivity contribution in [2.24, 2.45) is 0 Å². The third-order valence-electron chi connectivity index (χ3n) is 1.92. The monoisotopic (exact) mass is 254 g/mol. The summed E-state index contributed by atoms with van der Waals surface area (Å²) in [6.07, 6.45) is -4.61. The summed E-state index contributed by atoms with van der Waals surface area (Å²) in [6, 6.07) is 1.65. The van der Waals surface area contributed by atoms with E-state index in [1.807, 2.05) is 0 Å². The second-order valence-corrected chi connectivity index (χ2v) is 3.83. The SMILES string of the molecule is CC(Cl)C(=O)c1cc(C(F)(F)F)ccc1F. The highest BCUT2D eigenvalue weighted by Gasteiger charge is 2.32. The molecule has 0 heterocycles. The molecule has 0 spiro atoms. The van der Waals surface area contributed by atoms with Gasteiger partial charge >= 0.3 is 6.18 Å². The standard InChI is InChI=1S/C10H7ClF4O/c1-5(11)9(16)7-4-6(10(13,14)15)2-3-8(7)12/h2-5H,1H3. The van der Waals surface area contributed by atoms with Crippen LogP contribution in [0.4, 0.5) is 17.6 Å². The third-order valence-corrected chi connectivity index (χ3v) is 2.12. The highest BCUT2D eigenvalue weighted by Crippen LogP contribution is 2.30. The molecular weight excluding hydrogens is 248 g/mol. The molecule has 0 radical (unpaired) electrons. The molecule has 0 aliphatic rings. The normalized spacial score (nSPS) is 13.6. The van der Waals surface area contributed by atoms with Crippen molar-refractivity contribution in [3.63, 3.8) is 0 Å². The van der Waals surface area contributed by atoms with Crippen molar-refractivity contribution in [1.29, 1.82) is 0 Å². The summed E-state index contributed by atoms with van der Waals surface area (Å²) >= 11 is 5.40. The van der Waals surface area contributed by atoms with E-state index >= 15 is 0 Å². The first-order valence-corrected chi connectivity index (χ1v) is 4.72. The molecule has 0 aliphatic carbocycles. The van der Waals surface area contributed by atoms with E-state index in [1.165, 1.54) is 6.92 Å². The molecule has 1 aromatic rings. The van der Waals surface area contributed by atoms with Crippen LogP contribution in [-0.4, -0.2) is 11.2 Å². The maximum atomic E-state index is 13.1. The third kappa shape index (κ3) is 2.72. The molecule has 0 aliphatic heterocycles. The number of hydrogen-bond acceptors (Lipinski definition) is 1. The highest BCUT2D eigenvalue weighted by molar-refractivity contribution is 6.33. The number of ketones is 1. The predicted octanol–water partition coefficient (Wildman–Crippen LogP) is 3.65. The van der Waals surface area contributed by atoms with Gasteiger partial charge in [0.25, 0.3) is 0 Å². The number of benzene rings is 1. The Kier molecular flexibility index (Phi) is 3.57. The zero-order valence-electron chi connectivity index (χ0n) is 8.11. The summed E-state index contributed by atoms with van der Waals surface area (Å²) in [5.74, 6) is -1.88. The van der Waals surface area contributed by atoms with Crippen LogP contribution in [0.2, 0.25) is 0 Å². The van der Waals surface area contributed by atoms with Crippen LogP contribution in [0.15, 0.2) is 18.2 Å². The van der Waals surface area contributed by atoms with Gasteiger partial charge in [-0.3, -0.25) is 4.79 Å². The molecule has 88 valence electrons. The van der Waals surface area contributed by atoms with E-state index in [0.29, 0.717) is 18.2 Å². The van der Waals surface area contributed by atoms with Crippen molar-refractivity contribution in [3.05, 3.63) is 35.1 Å². The average Bonchev–Trinajstić information content (AvgIpc) is 2.15. The molecule has 0 saturated heterocycles. The minimum Gasteiger partial charge on any atom is -0.292 e. The lowest BCUT2D eigenvalue weighted by Crippen LogP contribution is -2.15. The minimum atomic E-state index is -4.61. The number of rotatable bonds is 2. The van der Waals surface area contributed by atoms with Gasteiger partial charge in [-0.15, -0.1) is 11.6 Å². The van der Waals surface area contributed by atoms with E-state index in [1.54, 1.807) is 0 Å². The van der Waals surface area contributed by atoms with Crippen molar-refractivity contribution in [2.75, 3.05) is 0 Å². The van der Waals surface area contributed by atoms with E-state index in [2.05, 4.69) is 0 Å². The van der Waals surface area contributed by atoms with Crippen molar-refractivity contribution >= 4 is 17.4 Å². The van der Waals surface area contributed by atoms with Gasteiger partial charge in [0.2, 0.25) is 0 Å². The summed E-state index contributed by atoms with van der Waals surface area (Å²) in [5.41, 5.74) is -1.72. The molecule has 6 heteroatoms. The molecular formula is C10H7ClF4O. The molecule has 1 rings (SSSR count). The van der Waals surface area contributed by atoms with E-state index in [0.717, 1.165) is 0 Å². The zero-order chi connectivity index (χ0) is 12.5. The molecule has 16 heavy (non-hydrogen) atoms. The van der Waals surface area contributed by atoms with Crippen LogP contribution >= 0.6 is 11.6 Å². The van der Waals surface area contributed by atoms with Gasteiger partial charge in [-0.25, -0.2) is 4.39 Å². The lowest BCUT2D eigenvalue weighted by atomic mass is 10.0. The van der Waals surface area contributed by atoms with E-state index < -0.39 is 34.3 Å². The predicted molar refractivity (Wildman–Crippen MR) is 51.0 cm³/mol. The molecule has 1 unspecified atom stereocenters. The van der Waals surface area contributed by atoms with Crippen molar-refractivity contribution in [1.82, 2.24) is 0 Å². The maximum Gasteiger partial charge on any atom is 0.416 e. The van der Waals surface area contributed by atoms with Gasteiger partial charge in [-0.1, -0.05) is 0 Å². The van der Waals surface area contributed by atoms with Crippen LogP contribution in [0.25, 0.3) is 0 Å². The first-order valence-electron chi connectivity index (χ1n) is 4.28. The smallest absolute Gasteiger partial charge is 0.292 e. The fourth-order valence-electron chi connectivity index (χ4n) is 1.10. The Morgan fingerprint density at radius 3 is 2.38 bits per heavy atom. The average molecular weight is 255 g/mol. The van der Waals surface area contributed by atoms with Gasteiger partial charge in [0.15, 0.2) is 5.78 Å². The maximum absolute atomic E-state index is 13.1. The van der Waals surface area contributed by atoms with Crippen LogP contribution in [0.1, 0.15) is 22.8 Å². The van der Waals surface area contributed by atoms with Gasteiger partial charge < -0.3 is 0 Å². The molecule has 0 saturated carbocycles. The number of carbonyl (C=O) groups is 1. The number of halogens is 5. The van der Waals surface area contributed by atoms with Gasteiger partial charge in [0, 0.05) is 0 Å². The van der Waals surface area contributed by atoms with Crippen molar-refractivity contribution in [3.8, 4) is 0 Å². The Morgan fingerprint density at radius 2 is 1.94 bits per heavy atom. The zero-order valence-corrected chi connectivity index (χ0v) is 8.86. The number of alkyl halides is 4. The van der Waals surface area contributed by atoms with Gasteiger partial charge in [-0.05, 0) is 25.1 Å². The largest absolute Gasteiger partial charge is 0.416 e. The Bertz CT molecular complexity index is 412. The summed E-state index contributed by atoms with van der Waals surface area (Å²) < 4.78 is 50.0. The van der Waals surface area contributed by atoms with E-state index in [4.69, 9.17) is 11.6 Å². The fraction of sp³-hybridized carbons (Fsp3) is 0.300. The summed E-state index contributed by atoms with van der Waals surface area (Å²) in [6.45, 7) is 1.27.